The Labute approximate surface area is 148 Å². The van der Waals surface area contributed by atoms with E-state index in [0.29, 0.717) is 23.7 Å². The van der Waals surface area contributed by atoms with Crippen molar-refractivity contribution in [1.82, 2.24) is 9.21 Å². The summed E-state index contributed by atoms with van der Waals surface area (Å²) < 4.78 is 26.0. The van der Waals surface area contributed by atoms with Crippen LogP contribution in [0.2, 0.25) is 5.02 Å². The van der Waals surface area contributed by atoms with Crippen LogP contribution in [0.1, 0.15) is 42.5 Å². The number of halogens is 1. The van der Waals surface area contributed by atoms with Gasteiger partial charge in [0, 0.05) is 35.8 Å². The predicted octanol–water partition coefficient (Wildman–Crippen LogP) is 2.76. The molecule has 0 aliphatic carbocycles. The number of sulfonamides is 1. The van der Waals surface area contributed by atoms with Gasteiger partial charge < -0.3 is 4.90 Å². The summed E-state index contributed by atoms with van der Waals surface area (Å²) in [4.78, 5) is 14.8. The molecule has 1 aromatic rings. The molecule has 0 unspecified atom stereocenters. The van der Waals surface area contributed by atoms with Crippen LogP contribution in [0.4, 0.5) is 0 Å². The van der Waals surface area contributed by atoms with E-state index in [4.69, 9.17) is 11.6 Å². The van der Waals surface area contributed by atoms with Crippen LogP contribution in [0.3, 0.4) is 0 Å². The van der Waals surface area contributed by atoms with Crippen molar-refractivity contribution >= 4 is 27.5 Å². The van der Waals surface area contributed by atoms with Crippen LogP contribution in [0.5, 0.6) is 0 Å². The van der Waals surface area contributed by atoms with Crippen molar-refractivity contribution in [3.05, 3.63) is 34.9 Å². The molecule has 5 nitrogen and oxygen atoms in total. The van der Waals surface area contributed by atoms with E-state index in [9.17, 15) is 13.2 Å². The lowest BCUT2D eigenvalue weighted by Crippen LogP contribution is -2.57. The molecule has 0 radical (unpaired) electrons. The number of amides is 1. The van der Waals surface area contributed by atoms with Crippen LogP contribution in [0.25, 0.3) is 0 Å². The Balaban J connectivity index is 1.89. The minimum Gasteiger partial charge on any atom is -0.334 e. The van der Waals surface area contributed by atoms with E-state index in [-0.39, 0.29) is 18.0 Å². The highest BCUT2D eigenvalue weighted by molar-refractivity contribution is 7.88. The third kappa shape index (κ3) is 3.60. The van der Waals surface area contributed by atoms with Crippen LogP contribution in [-0.2, 0) is 10.0 Å². The highest BCUT2D eigenvalue weighted by Crippen LogP contribution is 2.31. The van der Waals surface area contributed by atoms with Crippen LogP contribution in [0, 0.1) is 0 Å². The van der Waals surface area contributed by atoms with E-state index in [0.717, 1.165) is 32.1 Å². The number of piperidine rings is 1. The lowest BCUT2D eigenvalue weighted by molar-refractivity contribution is 0.0470. The zero-order chi connectivity index (χ0) is 17.3. The van der Waals surface area contributed by atoms with Gasteiger partial charge in [-0.1, -0.05) is 18.0 Å². The van der Waals surface area contributed by atoms with Crippen molar-refractivity contribution in [2.75, 3.05) is 19.3 Å². The molecule has 0 bridgehead atoms. The topological polar surface area (TPSA) is 57.7 Å². The Morgan fingerprint density at radius 2 is 1.71 bits per heavy atom. The summed E-state index contributed by atoms with van der Waals surface area (Å²) in [6, 6.07) is 6.75. The molecule has 0 N–H and O–H groups in total. The normalized spacial score (nSPS) is 25.8. The van der Waals surface area contributed by atoms with Gasteiger partial charge in [-0.3, -0.25) is 4.79 Å². The number of benzene rings is 1. The molecule has 2 aliphatic rings. The van der Waals surface area contributed by atoms with Crippen molar-refractivity contribution in [3.8, 4) is 0 Å². The van der Waals surface area contributed by atoms with E-state index < -0.39 is 10.0 Å². The van der Waals surface area contributed by atoms with Gasteiger partial charge in [-0.25, -0.2) is 8.42 Å². The minimum absolute atomic E-state index is 0.0308. The largest absolute Gasteiger partial charge is 0.334 e. The molecule has 24 heavy (non-hydrogen) atoms. The number of fused-ring (bicyclic) bond motifs is 1. The molecule has 2 saturated heterocycles. The maximum atomic E-state index is 12.9. The average molecular weight is 371 g/mol. The number of likely N-dealkylation sites (tertiary alicyclic amines) is 1. The molecular weight excluding hydrogens is 348 g/mol. The van der Waals surface area contributed by atoms with Crippen LogP contribution < -0.4 is 0 Å². The number of carbonyl (C=O) groups excluding carboxylic acids is 1. The number of hydrogen-bond acceptors (Lipinski definition) is 3. The highest BCUT2D eigenvalue weighted by atomic mass is 35.5. The molecule has 0 spiro atoms. The Morgan fingerprint density at radius 3 is 2.38 bits per heavy atom. The molecule has 1 aromatic carbocycles. The van der Waals surface area contributed by atoms with Gasteiger partial charge >= 0.3 is 0 Å². The summed E-state index contributed by atoms with van der Waals surface area (Å²) in [7, 11) is -3.26. The molecule has 2 aliphatic heterocycles. The lowest BCUT2D eigenvalue weighted by Gasteiger charge is -2.44. The van der Waals surface area contributed by atoms with Crippen molar-refractivity contribution in [2.45, 2.75) is 44.2 Å². The zero-order valence-electron chi connectivity index (χ0n) is 13.8. The summed E-state index contributed by atoms with van der Waals surface area (Å²) in [5.41, 5.74) is 0.607. The number of carbonyl (C=O) groups is 1. The first kappa shape index (κ1) is 17.7. The molecule has 0 aromatic heterocycles. The van der Waals surface area contributed by atoms with Gasteiger partial charge in [-0.15, -0.1) is 0 Å². The van der Waals surface area contributed by atoms with Crippen molar-refractivity contribution in [1.29, 1.82) is 0 Å². The number of nitrogens with zero attached hydrogens (tertiary/aromatic N) is 2. The third-order valence-electron chi connectivity index (χ3n) is 5.02. The van der Waals surface area contributed by atoms with Crippen molar-refractivity contribution in [3.63, 3.8) is 0 Å². The Morgan fingerprint density at radius 1 is 1.04 bits per heavy atom. The van der Waals surface area contributed by atoms with Crippen LogP contribution >= 0.6 is 11.6 Å². The first-order valence-corrected chi connectivity index (χ1v) is 10.6. The minimum atomic E-state index is -3.26. The molecular formula is C17H23ClN2O3S. The Kier molecular flexibility index (Phi) is 5.18. The predicted molar refractivity (Wildman–Crippen MR) is 94.7 cm³/mol. The van der Waals surface area contributed by atoms with Crippen LogP contribution in [-0.4, -0.2) is 55.0 Å². The number of rotatable bonds is 2. The molecule has 2 heterocycles. The summed E-state index contributed by atoms with van der Waals surface area (Å²) >= 11 is 5.91. The molecule has 7 heteroatoms. The second kappa shape index (κ2) is 7.02. The monoisotopic (exact) mass is 370 g/mol. The van der Waals surface area contributed by atoms with Gasteiger partial charge in [0.15, 0.2) is 0 Å². The van der Waals surface area contributed by atoms with E-state index in [1.165, 1.54) is 6.26 Å². The summed E-state index contributed by atoms with van der Waals surface area (Å²) in [5, 5.41) is 0.598. The molecule has 0 saturated carbocycles. The standard InChI is InChI=1S/C17H23ClN2O3S/c1-24(22,23)20-12-3-2-5-15-16(20)6-4-11-19(15)17(21)13-7-9-14(18)10-8-13/h7-10,15-16H,2-6,11-12H2,1H3/t15-,16-/m1/s1. The van der Waals surface area contributed by atoms with Gasteiger partial charge in [-0.2, -0.15) is 4.31 Å². The first-order valence-electron chi connectivity index (χ1n) is 8.41. The van der Waals surface area contributed by atoms with Crippen molar-refractivity contribution in [2.24, 2.45) is 0 Å². The molecule has 2 fully saturated rings. The van der Waals surface area contributed by atoms with Gasteiger partial charge in [0.2, 0.25) is 10.0 Å². The molecule has 2 atom stereocenters. The Hall–Kier alpha value is -1.11. The maximum absolute atomic E-state index is 12.9. The third-order valence-corrected chi connectivity index (χ3v) is 6.58. The van der Waals surface area contributed by atoms with Gasteiger partial charge in [0.05, 0.1) is 6.26 Å². The average Bonchev–Trinajstić information content (AvgIpc) is 2.77. The quantitative estimate of drug-likeness (QED) is 0.804. The molecule has 1 amide bonds. The second-order valence-corrected chi connectivity index (χ2v) is 9.02. The van der Waals surface area contributed by atoms with Gasteiger partial charge in [0.25, 0.3) is 5.91 Å². The fraction of sp³-hybridized carbons (Fsp3) is 0.588. The van der Waals surface area contributed by atoms with Gasteiger partial charge in [-0.05, 0) is 49.9 Å². The smallest absolute Gasteiger partial charge is 0.254 e. The van der Waals surface area contributed by atoms with Crippen molar-refractivity contribution < 1.29 is 13.2 Å². The van der Waals surface area contributed by atoms with Gasteiger partial charge in [0.1, 0.15) is 0 Å². The fourth-order valence-corrected chi connectivity index (χ4v) is 5.25. The van der Waals surface area contributed by atoms with E-state index >= 15 is 0 Å². The second-order valence-electron chi connectivity index (χ2n) is 6.65. The summed E-state index contributed by atoms with van der Waals surface area (Å²) in [6.45, 7) is 1.24. The van der Waals surface area contributed by atoms with E-state index in [1.807, 2.05) is 4.90 Å². The SMILES string of the molecule is CS(=O)(=O)N1CCCC[C@@H]2[C@H]1CCCN2C(=O)c1ccc(Cl)cc1. The molecule has 3 rings (SSSR count). The fourth-order valence-electron chi connectivity index (χ4n) is 3.93. The van der Waals surface area contributed by atoms with Crippen LogP contribution in [0.15, 0.2) is 24.3 Å². The number of hydrogen-bond donors (Lipinski definition) is 0. The lowest BCUT2D eigenvalue weighted by atomic mass is 9.92. The zero-order valence-corrected chi connectivity index (χ0v) is 15.4. The first-order chi connectivity index (χ1) is 11.4. The molecule has 132 valence electrons. The summed E-state index contributed by atoms with van der Waals surface area (Å²) in [6.07, 6.45) is 5.57. The maximum Gasteiger partial charge on any atom is 0.254 e. The Bertz CT molecular complexity index is 705. The van der Waals surface area contributed by atoms with E-state index in [2.05, 4.69) is 0 Å². The highest BCUT2D eigenvalue weighted by Gasteiger charge is 2.41. The van der Waals surface area contributed by atoms with E-state index in [1.54, 1.807) is 28.6 Å². The summed E-state index contributed by atoms with van der Waals surface area (Å²) in [5.74, 6) is -0.0308.